The Bertz CT molecular complexity index is 883. The van der Waals surface area contributed by atoms with Crippen molar-refractivity contribution in [3.05, 3.63) is 71.3 Å². The van der Waals surface area contributed by atoms with Crippen LogP contribution in [0.25, 0.3) is 0 Å². The van der Waals surface area contributed by atoms with Crippen LogP contribution in [0.3, 0.4) is 0 Å². The first kappa shape index (κ1) is 19.6. The van der Waals surface area contributed by atoms with Gasteiger partial charge >= 0.3 is 0 Å². The molecule has 5 heteroatoms. The molecule has 2 aromatic carbocycles. The summed E-state index contributed by atoms with van der Waals surface area (Å²) in [5, 5.41) is 2.67. The Hall–Kier alpha value is -2.66. The lowest BCUT2D eigenvalue weighted by atomic mass is 9.87. The number of nitrogens with zero attached hydrogens (tertiary/aromatic N) is 2. The maximum atomic E-state index is 13.0. The number of hydrogen-bond acceptors (Lipinski definition) is 3. The first-order chi connectivity index (χ1) is 14.1. The third-order valence-electron chi connectivity index (χ3n) is 6.28. The molecule has 2 heterocycles. The number of likely N-dealkylation sites (tertiary alicyclic amines) is 1. The highest BCUT2D eigenvalue weighted by atomic mass is 16.2. The molecule has 0 bridgehead atoms. The number of carbonyl (C=O) groups excluding carboxylic acids is 2. The minimum Gasteiger partial charge on any atom is -0.347 e. The van der Waals surface area contributed by atoms with Crippen LogP contribution in [-0.2, 0) is 29.1 Å². The zero-order valence-electron chi connectivity index (χ0n) is 17.1. The van der Waals surface area contributed by atoms with Crippen LogP contribution in [0.4, 0.5) is 0 Å². The van der Waals surface area contributed by atoms with Crippen LogP contribution in [0.2, 0.25) is 0 Å². The second-order valence-corrected chi connectivity index (χ2v) is 8.34. The summed E-state index contributed by atoms with van der Waals surface area (Å²) in [6.07, 6.45) is 3.18. The van der Waals surface area contributed by atoms with Crippen LogP contribution in [0.1, 0.15) is 36.5 Å². The van der Waals surface area contributed by atoms with Gasteiger partial charge in [0.25, 0.3) is 0 Å². The molecular weight excluding hydrogens is 362 g/mol. The Morgan fingerprint density at radius 3 is 2.52 bits per heavy atom. The van der Waals surface area contributed by atoms with E-state index in [2.05, 4.69) is 52.7 Å². The summed E-state index contributed by atoms with van der Waals surface area (Å²) >= 11 is 0. The predicted molar refractivity (Wildman–Crippen MR) is 113 cm³/mol. The van der Waals surface area contributed by atoms with Gasteiger partial charge in [0.2, 0.25) is 11.8 Å². The van der Waals surface area contributed by atoms with Crippen LogP contribution in [0.15, 0.2) is 54.6 Å². The van der Waals surface area contributed by atoms with Gasteiger partial charge in [-0.25, -0.2) is 0 Å². The van der Waals surface area contributed by atoms with Crippen LogP contribution in [0, 0.1) is 0 Å². The van der Waals surface area contributed by atoms with Crippen molar-refractivity contribution >= 4 is 11.8 Å². The molecule has 2 aromatic rings. The SMILES string of the molecule is CC(=O)NCC(=O)N1Cc2ccccc2CC2(CCCN2Cc2ccccc2)C1. The first-order valence-corrected chi connectivity index (χ1v) is 10.4. The molecule has 1 spiro atoms. The summed E-state index contributed by atoms with van der Waals surface area (Å²) in [6.45, 7) is 4.77. The molecule has 4 rings (SSSR count). The van der Waals surface area contributed by atoms with E-state index in [1.807, 2.05) is 17.0 Å². The number of amides is 2. The molecule has 2 amide bonds. The molecule has 2 aliphatic rings. The maximum Gasteiger partial charge on any atom is 0.242 e. The van der Waals surface area contributed by atoms with Crippen molar-refractivity contribution in [2.45, 2.75) is 44.8 Å². The van der Waals surface area contributed by atoms with Crippen molar-refractivity contribution in [3.8, 4) is 0 Å². The molecule has 0 saturated carbocycles. The lowest BCUT2D eigenvalue weighted by Crippen LogP contribution is -2.54. The topological polar surface area (TPSA) is 52.7 Å². The maximum absolute atomic E-state index is 13.0. The van der Waals surface area contributed by atoms with E-state index in [1.165, 1.54) is 23.6 Å². The molecule has 1 fully saturated rings. The lowest BCUT2D eigenvalue weighted by Gasteiger charge is -2.41. The van der Waals surface area contributed by atoms with Gasteiger partial charge in [-0.3, -0.25) is 14.5 Å². The quantitative estimate of drug-likeness (QED) is 0.872. The van der Waals surface area contributed by atoms with E-state index in [4.69, 9.17) is 0 Å². The van der Waals surface area contributed by atoms with E-state index in [0.717, 1.165) is 32.4 Å². The van der Waals surface area contributed by atoms with Crippen molar-refractivity contribution in [2.75, 3.05) is 19.6 Å². The fraction of sp³-hybridized carbons (Fsp3) is 0.417. The number of nitrogens with one attached hydrogen (secondary N) is 1. The monoisotopic (exact) mass is 391 g/mol. The summed E-state index contributed by atoms with van der Waals surface area (Å²) in [4.78, 5) is 28.8. The Labute approximate surface area is 172 Å². The molecular formula is C24H29N3O2. The highest BCUT2D eigenvalue weighted by Crippen LogP contribution is 2.38. The van der Waals surface area contributed by atoms with Gasteiger partial charge in [0.15, 0.2) is 0 Å². The van der Waals surface area contributed by atoms with Gasteiger partial charge in [-0.2, -0.15) is 0 Å². The normalized spacial score (nSPS) is 21.6. The van der Waals surface area contributed by atoms with E-state index in [0.29, 0.717) is 13.1 Å². The minimum atomic E-state index is -0.171. The average molecular weight is 392 g/mol. The standard InChI is InChI=1S/C24H29N3O2/c1-19(28)25-15-23(29)26-17-22-11-6-5-10-21(22)14-24(18-26)12-7-13-27(24)16-20-8-3-2-4-9-20/h2-6,8-11H,7,12-18H2,1H3,(H,25,28). The van der Waals surface area contributed by atoms with Crippen molar-refractivity contribution in [3.63, 3.8) is 0 Å². The lowest BCUT2D eigenvalue weighted by molar-refractivity contribution is -0.134. The molecule has 1 saturated heterocycles. The van der Waals surface area contributed by atoms with Crippen molar-refractivity contribution in [2.24, 2.45) is 0 Å². The Balaban J connectivity index is 1.63. The molecule has 1 unspecified atom stereocenters. The second kappa shape index (κ2) is 8.37. The number of hydrogen-bond donors (Lipinski definition) is 1. The van der Waals surface area contributed by atoms with Crippen molar-refractivity contribution in [1.29, 1.82) is 0 Å². The van der Waals surface area contributed by atoms with Gasteiger partial charge in [0, 0.05) is 32.1 Å². The summed E-state index contributed by atoms with van der Waals surface area (Å²) in [7, 11) is 0. The average Bonchev–Trinajstić information content (AvgIpc) is 2.99. The molecule has 0 aliphatic carbocycles. The number of fused-ring (bicyclic) bond motifs is 1. The van der Waals surface area contributed by atoms with E-state index < -0.39 is 0 Å². The van der Waals surface area contributed by atoms with Crippen LogP contribution < -0.4 is 5.32 Å². The summed E-state index contributed by atoms with van der Waals surface area (Å²) in [6, 6.07) is 19.1. The number of carbonyl (C=O) groups is 2. The highest BCUT2D eigenvalue weighted by molar-refractivity contribution is 5.83. The molecule has 5 nitrogen and oxygen atoms in total. The molecule has 1 atom stereocenters. The largest absolute Gasteiger partial charge is 0.347 e. The zero-order valence-corrected chi connectivity index (χ0v) is 17.1. The van der Waals surface area contributed by atoms with E-state index in [1.54, 1.807) is 0 Å². The minimum absolute atomic E-state index is 0.0113. The Morgan fingerprint density at radius 2 is 1.76 bits per heavy atom. The van der Waals surface area contributed by atoms with Crippen LogP contribution in [-0.4, -0.2) is 46.8 Å². The van der Waals surface area contributed by atoms with Gasteiger partial charge in [-0.15, -0.1) is 0 Å². The number of rotatable bonds is 4. The molecule has 0 radical (unpaired) electrons. The Kier molecular flexibility index (Phi) is 5.67. The summed E-state index contributed by atoms with van der Waals surface area (Å²) in [5.74, 6) is -0.183. The predicted octanol–water partition coefficient (Wildman–Crippen LogP) is 2.74. The third kappa shape index (κ3) is 4.35. The fourth-order valence-electron chi connectivity index (χ4n) is 4.82. The molecule has 29 heavy (non-hydrogen) atoms. The van der Waals surface area contributed by atoms with Crippen molar-refractivity contribution in [1.82, 2.24) is 15.1 Å². The smallest absolute Gasteiger partial charge is 0.242 e. The molecule has 152 valence electrons. The molecule has 1 N–H and O–H groups in total. The van der Waals surface area contributed by atoms with E-state index >= 15 is 0 Å². The van der Waals surface area contributed by atoms with Gasteiger partial charge in [0.05, 0.1) is 6.54 Å². The fourth-order valence-corrected chi connectivity index (χ4v) is 4.82. The van der Waals surface area contributed by atoms with Gasteiger partial charge in [0.1, 0.15) is 0 Å². The summed E-state index contributed by atoms with van der Waals surface area (Å²) in [5.41, 5.74) is 3.80. The van der Waals surface area contributed by atoms with Crippen molar-refractivity contribution < 1.29 is 9.59 Å². The zero-order chi connectivity index (χ0) is 20.3. The summed E-state index contributed by atoms with van der Waals surface area (Å²) < 4.78 is 0. The van der Waals surface area contributed by atoms with E-state index in [-0.39, 0.29) is 23.9 Å². The molecule has 2 aliphatic heterocycles. The second-order valence-electron chi connectivity index (χ2n) is 8.34. The van der Waals surface area contributed by atoms with Gasteiger partial charge in [-0.05, 0) is 42.5 Å². The van der Waals surface area contributed by atoms with Gasteiger partial charge < -0.3 is 10.2 Å². The number of benzene rings is 2. The van der Waals surface area contributed by atoms with Crippen LogP contribution in [0.5, 0.6) is 0 Å². The first-order valence-electron chi connectivity index (χ1n) is 10.4. The van der Waals surface area contributed by atoms with E-state index in [9.17, 15) is 9.59 Å². The Morgan fingerprint density at radius 1 is 1.03 bits per heavy atom. The third-order valence-corrected chi connectivity index (χ3v) is 6.28. The van der Waals surface area contributed by atoms with Gasteiger partial charge in [-0.1, -0.05) is 54.6 Å². The van der Waals surface area contributed by atoms with Crippen LogP contribution >= 0.6 is 0 Å². The molecule has 0 aromatic heterocycles. The highest BCUT2D eigenvalue weighted by Gasteiger charge is 2.44.